The molecule has 10 heteroatoms. The third-order valence-corrected chi connectivity index (χ3v) is 6.53. The van der Waals surface area contributed by atoms with E-state index in [4.69, 9.17) is 9.47 Å². The molecule has 3 rings (SSSR count). The number of likely N-dealkylation sites (N-methyl/N-ethyl adjacent to an activating group) is 1. The number of fused-ring (bicyclic) bond motifs is 1. The molecule has 0 unspecified atom stereocenters. The lowest BCUT2D eigenvalue weighted by molar-refractivity contribution is -0.136. The zero-order valence-electron chi connectivity index (χ0n) is 23.9. The van der Waals surface area contributed by atoms with E-state index in [0.717, 1.165) is 11.1 Å². The summed E-state index contributed by atoms with van der Waals surface area (Å²) in [6, 6.07) is 10.5. The van der Waals surface area contributed by atoms with Gasteiger partial charge in [-0.1, -0.05) is 43.7 Å². The van der Waals surface area contributed by atoms with E-state index in [-0.39, 0.29) is 50.1 Å². The fourth-order valence-corrected chi connectivity index (χ4v) is 4.45. The van der Waals surface area contributed by atoms with Crippen LogP contribution >= 0.6 is 0 Å². The summed E-state index contributed by atoms with van der Waals surface area (Å²) in [5.74, 6) is -0.668. The Kier molecular flexibility index (Phi) is 10.9. The molecule has 2 aromatic carbocycles. The number of ether oxygens (including phenoxy) is 2. The lowest BCUT2D eigenvalue weighted by atomic mass is 10.0. The highest BCUT2D eigenvalue weighted by molar-refractivity contribution is 6.01. The Morgan fingerprint density at radius 2 is 1.88 bits per heavy atom. The zero-order chi connectivity index (χ0) is 29.2. The number of benzene rings is 2. The molecule has 0 spiro atoms. The number of aryl methyl sites for hydroxylation is 2. The van der Waals surface area contributed by atoms with E-state index in [1.165, 1.54) is 4.90 Å². The summed E-state index contributed by atoms with van der Waals surface area (Å²) in [6.07, 6.45) is 0.0850. The van der Waals surface area contributed by atoms with Crippen LogP contribution in [-0.2, 0) is 14.4 Å². The van der Waals surface area contributed by atoms with Crippen LogP contribution in [0.3, 0.4) is 0 Å². The maximum Gasteiger partial charge on any atom is 0.255 e. The van der Waals surface area contributed by atoms with Gasteiger partial charge in [0.1, 0.15) is 36.8 Å². The first-order valence-corrected chi connectivity index (χ1v) is 13.6. The van der Waals surface area contributed by atoms with Gasteiger partial charge in [-0.15, -0.1) is 0 Å². The molecule has 3 N–H and O–H groups in total. The number of rotatable bonds is 7. The zero-order valence-corrected chi connectivity index (χ0v) is 23.9. The summed E-state index contributed by atoms with van der Waals surface area (Å²) in [5.41, 5.74) is 2.33. The highest BCUT2D eigenvalue weighted by Gasteiger charge is 2.30. The Bertz CT molecular complexity index is 1210. The number of carbonyl (C=O) groups is 4. The van der Waals surface area contributed by atoms with Crippen LogP contribution < -0.4 is 25.4 Å². The van der Waals surface area contributed by atoms with Gasteiger partial charge in [0.2, 0.25) is 17.7 Å². The molecule has 2 atom stereocenters. The minimum Gasteiger partial charge on any atom is -0.491 e. The van der Waals surface area contributed by atoms with Crippen LogP contribution in [0.5, 0.6) is 11.5 Å². The maximum absolute atomic E-state index is 13.2. The van der Waals surface area contributed by atoms with E-state index >= 15 is 0 Å². The number of nitrogens with zero attached hydrogens (tertiary/aromatic N) is 1. The fraction of sp³-hybridized carbons (Fsp3) is 0.467. The number of amides is 4. The Morgan fingerprint density at radius 3 is 2.60 bits per heavy atom. The summed E-state index contributed by atoms with van der Waals surface area (Å²) in [4.78, 5) is 54.1. The van der Waals surface area contributed by atoms with Gasteiger partial charge in [0.15, 0.2) is 0 Å². The molecule has 0 aromatic heterocycles. The van der Waals surface area contributed by atoms with Crippen LogP contribution in [0, 0.1) is 19.8 Å². The summed E-state index contributed by atoms with van der Waals surface area (Å²) < 4.78 is 11.6. The van der Waals surface area contributed by atoms with Crippen molar-refractivity contribution < 1.29 is 28.7 Å². The van der Waals surface area contributed by atoms with Crippen molar-refractivity contribution in [2.75, 3.05) is 33.4 Å². The number of hydrogen-bond acceptors (Lipinski definition) is 6. The van der Waals surface area contributed by atoms with Crippen molar-refractivity contribution in [1.29, 1.82) is 0 Å². The SMILES string of the molecule is Cc1ccc(OCCNC(=O)[C@@H]2CC(=O)N[C@@H](CC(C)C)C(=O)N(C)CCOc3ccccc3C(=O)N2)c(C)c1. The molecular formula is C30H40N4O6. The van der Waals surface area contributed by atoms with Crippen molar-refractivity contribution in [3.63, 3.8) is 0 Å². The first kappa shape index (κ1) is 30.5. The second kappa shape index (κ2) is 14.3. The van der Waals surface area contributed by atoms with Crippen molar-refractivity contribution in [3.8, 4) is 11.5 Å². The summed E-state index contributed by atoms with van der Waals surface area (Å²) >= 11 is 0. The molecule has 0 bridgehead atoms. The Balaban J connectivity index is 1.77. The quantitative estimate of drug-likeness (QED) is 0.453. The monoisotopic (exact) mass is 552 g/mol. The molecule has 0 radical (unpaired) electrons. The van der Waals surface area contributed by atoms with Gasteiger partial charge in [0.25, 0.3) is 5.91 Å². The number of hydrogen-bond donors (Lipinski definition) is 3. The van der Waals surface area contributed by atoms with Gasteiger partial charge in [0, 0.05) is 7.05 Å². The van der Waals surface area contributed by atoms with Crippen molar-refractivity contribution in [1.82, 2.24) is 20.9 Å². The van der Waals surface area contributed by atoms with Gasteiger partial charge >= 0.3 is 0 Å². The molecule has 2 aromatic rings. The first-order chi connectivity index (χ1) is 19.0. The minimum atomic E-state index is -1.18. The van der Waals surface area contributed by atoms with Crippen LogP contribution in [0.1, 0.15) is 48.2 Å². The fourth-order valence-electron chi connectivity index (χ4n) is 4.45. The van der Waals surface area contributed by atoms with Gasteiger partial charge in [-0.3, -0.25) is 19.2 Å². The third-order valence-electron chi connectivity index (χ3n) is 6.53. The largest absolute Gasteiger partial charge is 0.491 e. The Morgan fingerprint density at radius 1 is 1.12 bits per heavy atom. The topological polar surface area (TPSA) is 126 Å². The molecule has 10 nitrogen and oxygen atoms in total. The smallest absolute Gasteiger partial charge is 0.255 e. The maximum atomic E-state index is 13.2. The third kappa shape index (κ3) is 8.72. The van der Waals surface area contributed by atoms with E-state index in [2.05, 4.69) is 16.0 Å². The molecule has 4 amide bonds. The molecule has 0 saturated carbocycles. The number of nitrogens with one attached hydrogen (secondary N) is 3. The molecule has 1 aliphatic heterocycles. The Hall–Kier alpha value is -4.08. The lowest BCUT2D eigenvalue weighted by Crippen LogP contribution is -2.53. The summed E-state index contributed by atoms with van der Waals surface area (Å²) in [5, 5.41) is 8.20. The van der Waals surface area contributed by atoms with Crippen molar-refractivity contribution in [2.24, 2.45) is 5.92 Å². The van der Waals surface area contributed by atoms with Gasteiger partial charge in [-0.05, 0) is 49.9 Å². The molecule has 40 heavy (non-hydrogen) atoms. The summed E-state index contributed by atoms with van der Waals surface area (Å²) in [7, 11) is 1.64. The van der Waals surface area contributed by atoms with E-state index in [0.29, 0.717) is 17.9 Å². The van der Waals surface area contributed by atoms with Crippen LogP contribution in [0.15, 0.2) is 42.5 Å². The van der Waals surface area contributed by atoms with Crippen LogP contribution in [0.25, 0.3) is 0 Å². The molecule has 1 aliphatic rings. The second-order valence-corrected chi connectivity index (χ2v) is 10.5. The normalized spacial score (nSPS) is 18.6. The van der Waals surface area contributed by atoms with Crippen LogP contribution in [0.4, 0.5) is 0 Å². The van der Waals surface area contributed by atoms with Crippen molar-refractivity contribution >= 4 is 23.6 Å². The minimum absolute atomic E-state index is 0.139. The van der Waals surface area contributed by atoms with Crippen LogP contribution in [-0.4, -0.2) is 74.0 Å². The van der Waals surface area contributed by atoms with Gasteiger partial charge in [0.05, 0.1) is 25.1 Å². The lowest BCUT2D eigenvalue weighted by Gasteiger charge is -2.27. The van der Waals surface area contributed by atoms with E-state index in [9.17, 15) is 19.2 Å². The highest BCUT2D eigenvalue weighted by atomic mass is 16.5. The molecule has 216 valence electrons. The molecule has 0 saturated heterocycles. The molecular weight excluding hydrogens is 512 g/mol. The standard InChI is InChI=1S/C30H40N4O6/c1-19(2)16-24-30(38)34(5)13-15-40-26-9-7-6-8-22(26)28(36)33-23(18-27(35)32-24)29(37)31-12-14-39-25-11-10-20(3)17-21(25)4/h6-11,17,19,23-24H,12-16,18H2,1-5H3,(H,31,37)(H,32,35)(H,33,36)/t23-,24-/m0/s1. The molecule has 1 heterocycles. The number of carbonyl (C=O) groups excluding carboxylic acids is 4. The Labute approximate surface area is 235 Å². The second-order valence-electron chi connectivity index (χ2n) is 10.5. The predicted octanol–water partition coefficient (Wildman–Crippen LogP) is 2.37. The average Bonchev–Trinajstić information content (AvgIpc) is 2.90. The number of para-hydroxylation sites is 1. The predicted molar refractivity (Wildman–Crippen MR) is 151 cm³/mol. The van der Waals surface area contributed by atoms with Gasteiger partial charge in [-0.25, -0.2) is 0 Å². The summed E-state index contributed by atoms with van der Waals surface area (Å²) in [6.45, 7) is 8.66. The van der Waals surface area contributed by atoms with Crippen molar-refractivity contribution in [3.05, 3.63) is 59.2 Å². The molecule has 0 fully saturated rings. The average molecular weight is 553 g/mol. The van der Waals surface area contributed by atoms with Gasteiger partial charge in [-0.2, -0.15) is 0 Å². The highest BCUT2D eigenvalue weighted by Crippen LogP contribution is 2.20. The molecule has 0 aliphatic carbocycles. The van der Waals surface area contributed by atoms with Crippen LogP contribution in [0.2, 0.25) is 0 Å². The van der Waals surface area contributed by atoms with E-state index < -0.39 is 29.8 Å². The van der Waals surface area contributed by atoms with E-state index in [1.807, 2.05) is 45.9 Å². The van der Waals surface area contributed by atoms with E-state index in [1.54, 1.807) is 31.3 Å². The van der Waals surface area contributed by atoms with Crippen molar-refractivity contribution in [2.45, 2.75) is 52.6 Å². The van der Waals surface area contributed by atoms with Gasteiger partial charge < -0.3 is 30.3 Å². The first-order valence-electron chi connectivity index (χ1n) is 13.6.